The average Bonchev–Trinajstić information content (AvgIpc) is 2.55. The number of amides is 1. The largest absolute Gasteiger partial charge is 0.497 e. The van der Waals surface area contributed by atoms with Crippen LogP contribution in [0.4, 0.5) is 11.6 Å². The summed E-state index contributed by atoms with van der Waals surface area (Å²) in [5, 5.41) is 14.2. The highest BCUT2D eigenvalue weighted by molar-refractivity contribution is 5.92. The number of ether oxygens (including phenoxy) is 1. The molecule has 3 rings (SSSR count). The van der Waals surface area contributed by atoms with E-state index < -0.39 is 0 Å². The summed E-state index contributed by atoms with van der Waals surface area (Å²) in [5.41, 5.74) is 1.22. The Bertz CT molecular complexity index is 666. The first-order chi connectivity index (χ1) is 11.7. The second-order valence-electron chi connectivity index (χ2n) is 5.95. The van der Waals surface area contributed by atoms with E-state index in [1.165, 1.54) is 5.56 Å². The van der Waals surface area contributed by atoms with E-state index in [2.05, 4.69) is 20.8 Å². The molecule has 1 amide bonds. The quantitative estimate of drug-likeness (QED) is 0.818. The second-order valence-corrected chi connectivity index (χ2v) is 5.95. The van der Waals surface area contributed by atoms with Gasteiger partial charge in [-0.1, -0.05) is 18.6 Å². The third-order valence-corrected chi connectivity index (χ3v) is 4.27. The molecule has 24 heavy (non-hydrogen) atoms. The molecule has 0 unspecified atom stereocenters. The fourth-order valence-electron chi connectivity index (χ4n) is 2.52. The summed E-state index contributed by atoms with van der Waals surface area (Å²) in [6.45, 7) is 0.759. The van der Waals surface area contributed by atoms with E-state index in [9.17, 15) is 4.79 Å². The maximum absolute atomic E-state index is 11.9. The van der Waals surface area contributed by atoms with Crippen LogP contribution in [0.5, 0.6) is 5.75 Å². The van der Waals surface area contributed by atoms with E-state index in [0.29, 0.717) is 11.6 Å². The second kappa shape index (κ2) is 7.77. The van der Waals surface area contributed by atoms with Gasteiger partial charge in [0.1, 0.15) is 11.6 Å². The van der Waals surface area contributed by atoms with Gasteiger partial charge in [0.25, 0.3) is 0 Å². The van der Waals surface area contributed by atoms with Crippen molar-refractivity contribution in [3.05, 3.63) is 42.0 Å². The van der Waals surface area contributed by atoms with Gasteiger partial charge in [-0.15, -0.1) is 10.2 Å². The zero-order valence-electron chi connectivity index (χ0n) is 13.8. The lowest BCUT2D eigenvalue weighted by molar-refractivity contribution is -0.122. The van der Waals surface area contributed by atoms with E-state index in [1.807, 2.05) is 30.3 Å². The van der Waals surface area contributed by atoms with Crippen LogP contribution in [0.2, 0.25) is 0 Å². The first kappa shape index (κ1) is 16.2. The van der Waals surface area contributed by atoms with Gasteiger partial charge in [-0.25, -0.2) is 0 Å². The predicted molar refractivity (Wildman–Crippen MR) is 93.2 cm³/mol. The Morgan fingerprint density at radius 3 is 2.42 bits per heavy atom. The Morgan fingerprint density at radius 1 is 1.12 bits per heavy atom. The standard InChI is InChI=1S/C18H22N4O2/c1-24-15-7-5-13(6-8-15)11-12-19-16-9-10-17(22-21-16)20-18(23)14-3-2-4-14/h5-10,14H,2-4,11-12H2,1H3,(H,19,21)(H,20,22,23). The highest BCUT2D eigenvalue weighted by Crippen LogP contribution is 2.27. The van der Waals surface area contributed by atoms with Crippen molar-refractivity contribution in [1.82, 2.24) is 10.2 Å². The molecule has 126 valence electrons. The minimum absolute atomic E-state index is 0.0516. The van der Waals surface area contributed by atoms with Crippen LogP contribution < -0.4 is 15.4 Å². The Hall–Kier alpha value is -2.63. The molecule has 2 N–H and O–H groups in total. The summed E-state index contributed by atoms with van der Waals surface area (Å²) >= 11 is 0. The summed E-state index contributed by atoms with van der Waals surface area (Å²) in [6.07, 6.45) is 3.97. The van der Waals surface area contributed by atoms with E-state index in [1.54, 1.807) is 13.2 Å². The number of methoxy groups -OCH3 is 1. The van der Waals surface area contributed by atoms with Gasteiger partial charge in [-0.2, -0.15) is 0 Å². The molecule has 0 atom stereocenters. The Balaban J connectivity index is 1.44. The van der Waals surface area contributed by atoms with Crippen LogP contribution in [-0.4, -0.2) is 29.8 Å². The van der Waals surface area contributed by atoms with Crippen LogP contribution in [0.3, 0.4) is 0 Å². The lowest BCUT2D eigenvalue weighted by atomic mass is 9.85. The van der Waals surface area contributed by atoms with Gasteiger partial charge in [-0.3, -0.25) is 4.79 Å². The molecule has 0 spiro atoms. The van der Waals surface area contributed by atoms with Crippen LogP contribution >= 0.6 is 0 Å². The summed E-state index contributed by atoms with van der Waals surface area (Å²) in [7, 11) is 1.66. The van der Waals surface area contributed by atoms with Crippen LogP contribution in [0.15, 0.2) is 36.4 Å². The molecule has 6 heteroatoms. The number of carbonyl (C=O) groups excluding carboxylic acids is 1. The minimum atomic E-state index is 0.0516. The molecule has 1 aliphatic carbocycles. The molecule has 0 radical (unpaired) electrons. The molecule has 0 aliphatic heterocycles. The lowest BCUT2D eigenvalue weighted by Crippen LogP contribution is -2.28. The first-order valence-corrected chi connectivity index (χ1v) is 8.26. The number of nitrogens with zero attached hydrogens (tertiary/aromatic N) is 2. The van der Waals surface area contributed by atoms with E-state index in [-0.39, 0.29) is 11.8 Å². The van der Waals surface area contributed by atoms with Crippen molar-refractivity contribution < 1.29 is 9.53 Å². The van der Waals surface area contributed by atoms with Crippen molar-refractivity contribution in [1.29, 1.82) is 0 Å². The summed E-state index contributed by atoms with van der Waals surface area (Å²) < 4.78 is 5.14. The topological polar surface area (TPSA) is 76.1 Å². The summed E-state index contributed by atoms with van der Waals surface area (Å²) in [6, 6.07) is 11.6. The van der Waals surface area contributed by atoms with Crippen LogP contribution in [0.25, 0.3) is 0 Å². The zero-order valence-corrected chi connectivity index (χ0v) is 13.8. The van der Waals surface area contributed by atoms with Gasteiger partial charge < -0.3 is 15.4 Å². The third kappa shape index (κ3) is 4.22. The molecular formula is C18H22N4O2. The molecule has 1 aliphatic rings. The van der Waals surface area contributed by atoms with Gasteiger partial charge in [-0.05, 0) is 49.1 Å². The lowest BCUT2D eigenvalue weighted by Gasteiger charge is -2.23. The van der Waals surface area contributed by atoms with Crippen molar-refractivity contribution in [2.24, 2.45) is 5.92 Å². The number of benzene rings is 1. The zero-order chi connectivity index (χ0) is 16.8. The monoisotopic (exact) mass is 326 g/mol. The predicted octanol–water partition coefficient (Wildman–Crippen LogP) is 2.88. The molecule has 0 saturated heterocycles. The Kier molecular flexibility index (Phi) is 5.25. The van der Waals surface area contributed by atoms with Crippen molar-refractivity contribution in [3.63, 3.8) is 0 Å². The van der Waals surface area contributed by atoms with Gasteiger partial charge in [0.2, 0.25) is 5.91 Å². The highest BCUT2D eigenvalue weighted by atomic mass is 16.5. The van der Waals surface area contributed by atoms with E-state index in [0.717, 1.165) is 38.0 Å². The SMILES string of the molecule is COc1ccc(CCNc2ccc(NC(=O)C3CCC3)nn2)cc1. The maximum atomic E-state index is 11.9. The number of hydrogen-bond acceptors (Lipinski definition) is 5. The van der Waals surface area contributed by atoms with Gasteiger partial charge in [0.15, 0.2) is 5.82 Å². The number of carbonyl (C=O) groups is 1. The molecule has 1 saturated carbocycles. The van der Waals surface area contributed by atoms with Crippen LogP contribution in [0, 0.1) is 5.92 Å². The first-order valence-electron chi connectivity index (χ1n) is 8.26. The number of aromatic nitrogens is 2. The minimum Gasteiger partial charge on any atom is -0.497 e. The van der Waals surface area contributed by atoms with Crippen molar-refractivity contribution in [2.75, 3.05) is 24.3 Å². The molecule has 6 nitrogen and oxygen atoms in total. The number of hydrogen-bond donors (Lipinski definition) is 2. The molecule has 1 aromatic carbocycles. The van der Waals surface area contributed by atoms with Gasteiger partial charge in [0.05, 0.1) is 7.11 Å². The fraction of sp³-hybridized carbons (Fsp3) is 0.389. The molecule has 0 bridgehead atoms. The van der Waals surface area contributed by atoms with Crippen molar-refractivity contribution in [2.45, 2.75) is 25.7 Å². The summed E-state index contributed by atoms with van der Waals surface area (Å²) in [4.78, 5) is 11.9. The molecule has 1 fully saturated rings. The molecule has 2 aromatic rings. The highest BCUT2D eigenvalue weighted by Gasteiger charge is 2.25. The summed E-state index contributed by atoms with van der Waals surface area (Å²) in [5.74, 6) is 2.26. The van der Waals surface area contributed by atoms with E-state index >= 15 is 0 Å². The van der Waals surface area contributed by atoms with Crippen molar-refractivity contribution in [3.8, 4) is 5.75 Å². The number of nitrogens with one attached hydrogen (secondary N) is 2. The van der Waals surface area contributed by atoms with E-state index in [4.69, 9.17) is 4.74 Å². The van der Waals surface area contributed by atoms with Gasteiger partial charge in [0, 0.05) is 12.5 Å². The number of anilines is 2. The maximum Gasteiger partial charge on any atom is 0.228 e. The molecular weight excluding hydrogens is 304 g/mol. The van der Waals surface area contributed by atoms with Crippen LogP contribution in [-0.2, 0) is 11.2 Å². The Labute approximate surface area is 141 Å². The van der Waals surface area contributed by atoms with Crippen molar-refractivity contribution >= 4 is 17.5 Å². The Morgan fingerprint density at radius 2 is 1.83 bits per heavy atom. The van der Waals surface area contributed by atoms with Gasteiger partial charge >= 0.3 is 0 Å². The fourth-order valence-corrected chi connectivity index (χ4v) is 2.52. The third-order valence-electron chi connectivity index (χ3n) is 4.27. The van der Waals surface area contributed by atoms with Crippen LogP contribution in [0.1, 0.15) is 24.8 Å². The average molecular weight is 326 g/mol. The smallest absolute Gasteiger partial charge is 0.228 e. The number of rotatable bonds is 7. The molecule has 1 aromatic heterocycles. The molecule has 1 heterocycles. The normalized spacial score (nSPS) is 13.9.